The van der Waals surface area contributed by atoms with Crippen LogP contribution in [0.15, 0.2) is 48.5 Å². The molecule has 0 fully saturated rings. The fourth-order valence-electron chi connectivity index (χ4n) is 2.38. The van der Waals surface area contributed by atoms with E-state index >= 15 is 0 Å². The fraction of sp³-hybridized carbons (Fsp3) is 0.333. The number of hydrogen-bond donors (Lipinski definition) is 1. The second-order valence-corrected chi connectivity index (χ2v) is 6.18. The first kappa shape index (κ1) is 23.2. The van der Waals surface area contributed by atoms with Crippen molar-refractivity contribution in [1.82, 2.24) is 0 Å². The Labute approximate surface area is 171 Å². The molecule has 6 nitrogen and oxygen atoms in total. The number of halogens is 3. The van der Waals surface area contributed by atoms with Crippen LogP contribution in [0.25, 0.3) is 0 Å². The van der Waals surface area contributed by atoms with Crippen molar-refractivity contribution in [3.05, 3.63) is 59.7 Å². The third-order valence-electron chi connectivity index (χ3n) is 3.89. The molecule has 0 aliphatic heterocycles. The Bertz CT molecular complexity index is 852. The van der Waals surface area contributed by atoms with Crippen LogP contribution in [-0.4, -0.2) is 37.8 Å². The second-order valence-electron chi connectivity index (χ2n) is 6.18. The first-order valence-electron chi connectivity index (χ1n) is 9.20. The largest absolute Gasteiger partial charge is 0.479 e. The number of amides is 1. The first-order valence-corrected chi connectivity index (χ1v) is 9.20. The molecule has 2 rings (SSSR count). The van der Waals surface area contributed by atoms with Crippen LogP contribution < -0.4 is 10.1 Å². The molecule has 0 bridgehead atoms. The summed E-state index contributed by atoms with van der Waals surface area (Å²) < 4.78 is 53.9. The van der Waals surface area contributed by atoms with Crippen LogP contribution in [0.1, 0.15) is 29.8 Å². The summed E-state index contributed by atoms with van der Waals surface area (Å²) in [6.07, 6.45) is -5.36. The van der Waals surface area contributed by atoms with Crippen molar-refractivity contribution >= 4 is 17.6 Å². The van der Waals surface area contributed by atoms with E-state index in [0.717, 1.165) is 12.1 Å². The van der Waals surface area contributed by atoms with E-state index in [1.165, 1.54) is 43.3 Å². The van der Waals surface area contributed by atoms with E-state index in [9.17, 15) is 22.8 Å². The van der Waals surface area contributed by atoms with Gasteiger partial charge in [0.05, 0.1) is 12.2 Å². The van der Waals surface area contributed by atoms with Crippen LogP contribution in [0.4, 0.5) is 18.9 Å². The zero-order valence-corrected chi connectivity index (χ0v) is 16.5. The van der Waals surface area contributed by atoms with Crippen LogP contribution in [0, 0.1) is 0 Å². The van der Waals surface area contributed by atoms with Crippen molar-refractivity contribution in [3.8, 4) is 5.75 Å². The van der Waals surface area contributed by atoms with Crippen LogP contribution in [0.2, 0.25) is 0 Å². The van der Waals surface area contributed by atoms with Gasteiger partial charge in [0.1, 0.15) is 12.4 Å². The lowest BCUT2D eigenvalue weighted by molar-refractivity contribution is -0.152. The van der Waals surface area contributed by atoms with Crippen molar-refractivity contribution in [2.75, 3.05) is 25.1 Å². The zero-order chi connectivity index (χ0) is 22.1. The Kier molecular flexibility index (Phi) is 8.23. The molecular formula is C21H22F3NO5. The number of rotatable bonds is 9. The van der Waals surface area contributed by atoms with Gasteiger partial charge in [-0.05, 0) is 56.3 Å². The van der Waals surface area contributed by atoms with Crippen LogP contribution in [0.5, 0.6) is 5.75 Å². The molecule has 1 unspecified atom stereocenters. The molecule has 162 valence electrons. The average molecular weight is 425 g/mol. The number of anilines is 1. The third kappa shape index (κ3) is 7.07. The summed E-state index contributed by atoms with van der Waals surface area (Å²) in [5.74, 6) is -0.801. The molecule has 0 aliphatic carbocycles. The monoisotopic (exact) mass is 425 g/mol. The second kappa shape index (κ2) is 10.6. The molecule has 2 aromatic carbocycles. The van der Waals surface area contributed by atoms with Crippen molar-refractivity contribution < 1.29 is 37.0 Å². The van der Waals surface area contributed by atoms with E-state index in [1.54, 1.807) is 0 Å². The van der Waals surface area contributed by atoms with Gasteiger partial charge in [-0.25, -0.2) is 4.79 Å². The lowest BCUT2D eigenvalue weighted by atomic mass is 10.1. The van der Waals surface area contributed by atoms with E-state index in [2.05, 4.69) is 5.32 Å². The molecule has 0 saturated heterocycles. The molecule has 0 radical (unpaired) electrons. The highest BCUT2D eigenvalue weighted by Crippen LogP contribution is 2.30. The fourth-order valence-corrected chi connectivity index (χ4v) is 2.38. The van der Waals surface area contributed by atoms with Crippen molar-refractivity contribution in [3.63, 3.8) is 0 Å². The number of carbonyl (C=O) groups excluding carboxylic acids is 2. The molecule has 0 heterocycles. The predicted molar refractivity (Wildman–Crippen MR) is 103 cm³/mol. The number of nitrogens with one attached hydrogen (secondary N) is 1. The Balaban J connectivity index is 1.92. The molecule has 1 amide bonds. The number of alkyl halides is 3. The summed E-state index contributed by atoms with van der Waals surface area (Å²) in [6, 6.07) is 10.2. The smallest absolute Gasteiger partial charge is 0.416 e. The van der Waals surface area contributed by atoms with Crippen molar-refractivity contribution in [1.29, 1.82) is 0 Å². The maximum absolute atomic E-state index is 12.8. The number of carbonyl (C=O) groups is 2. The molecule has 0 aromatic heterocycles. The summed E-state index contributed by atoms with van der Waals surface area (Å²) in [7, 11) is 0. The van der Waals surface area contributed by atoms with E-state index < -0.39 is 29.7 Å². The summed E-state index contributed by atoms with van der Waals surface area (Å²) in [4.78, 5) is 24.1. The van der Waals surface area contributed by atoms with Gasteiger partial charge in [0.2, 0.25) is 0 Å². The maximum Gasteiger partial charge on any atom is 0.416 e. The molecule has 30 heavy (non-hydrogen) atoms. The molecule has 0 saturated carbocycles. The van der Waals surface area contributed by atoms with E-state index in [4.69, 9.17) is 14.2 Å². The number of hydrogen-bond acceptors (Lipinski definition) is 5. The summed E-state index contributed by atoms with van der Waals surface area (Å²) in [5, 5.41) is 2.42. The molecule has 0 aliphatic rings. The summed E-state index contributed by atoms with van der Waals surface area (Å²) in [5.41, 5.74) is -0.614. The Hall–Kier alpha value is -3.07. The molecule has 1 atom stereocenters. The van der Waals surface area contributed by atoms with Gasteiger partial charge in [0, 0.05) is 17.9 Å². The predicted octanol–water partition coefficient (Wildman–Crippen LogP) is 4.30. The minimum Gasteiger partial charge on any atom is -0.479 e. The van der Waals surface area contributed by atoms with Gasteiger partial charge < -0.3 is 19.5 Å². The highest BCUT2D eigenvalue weighted by atomic mass is 19.4. The number of ether oxygens (including phenoxy) is 3. The van der Waals surface area contributed by atoms with Crippen LogP contribution >= 0.6 is 0 Å². The topological polar surface area (TPSA) is 73.9 Å². The number of esters is 1. The van der Waals surface area contributed by atoms with Gasteiger partial charge in [-0.1, -0.05) is 6.07 Å². The lowest BCUT2D eigenvalue weighted by Gasteiger charge is -2.14. The normalized spacial score (nSPS) is 12.2. The van der Waals surface area contributed by atoms with Gasteiger partial charge in [-0.3, -0.25) is 4.79 Å². The van der Waals surface area contributed by atoms with Gasteiger partial charge in [0.25, 0.3) is 5.91 Å². The minimum absolute atomic E-state index is 0.0265. The van der Waals surface area contributed by atoms with Gasteiger partial charge in [-0.15, -0.1) is 0 Å². The van der Waals surface area contributed by atoms with Crippen LogP contribution in [0.3, 0.4) is 0 Å². The Morgan fingerprint density at radius 3 is 2.40 bits per heavy atom. The minimum atomic E-state index is -4.50. The highest BCUT2D eigenvalue weighted by molar-refractivity contribution is 6.04. The first-order chi connectivity index (χ1) is 14.2. The summed E-state index contributed by atoms with van der Waals surface area (Å²) >= 11 is 0. The molecule has 2 aromatic rings. The van der Waals surface area contributed by atoms with Gasteiger partial charge >= 0.3 is 12.1 Å². The SMILES string of the molecule is CCOCCOC(=O)C(C)Oc1ccc(C(=O)Nc2cccc(C(F)(F)F)c2)cc1. The quantitative estimate of drug-likeness (QED) is 0.479. The van der Waals surface area contributed by atoms with Gasteiger partial charge in [-0.2, -0.15) is 13.2 Å². The summed E-state index contributed by atoms with van der Waals surface area (Å²) in [6.45, 7) is 4.30. The Morgan fingerprint density at radius 1 is 1.07 bits per heavy atom. The average Bonchev–Trinajstić information content (AvgIpc) is 2.71. The molecular weight excluding hydrogens is 403 g/mol. The highest BCUT2D eigenvalue weighted by Gasteiger charge is 2.30. The molecule has 1 N–H and O–H groups in total. The molecule has 0 spiro atoms. The van der Waals surface area contributed by atoms with E-state index in [-0.39, 0.29) is 17.9 Å². The van der Waals surface area contributed by atoms with Crippen molar-refractivity contribution in [2.45, 2.75) is 26.1 Å². The van der Waals surface area contributed by atoms with Crippen LogP contribution in [-0.2, 0) is 20.4 Å². The van der Waals surface area contributed by atoms with E-state index in [1.807, 2.05) is 6.92 Å². The van der Waals surface area contributed by atoms with Gasteiger partial charge in [0.15, 0.2) is 6.10 Å². The van der Waals surface area contributed by atoms with Crippen molar-refractivity contribution in [2.24, 2.45) is 0 Å². The zero-order valence-electron chi connectivity index (χ0n) is 16.5. The van der Waals surface area contributed by atoms with E-state index in [0.29, 0.717) is 19.0 Å². The standard InChI is InChI=1S/C21H22F3NO5/c1-3-28-11-12-29-20(27)14(2)30-18-9-7-15(8-10-18)19(26)25-17-6-4-5-16(13-17)21(22,23)24/h4-10,13-14H,3,11-12H2,1-2H3,(H,25,26). The Morgan fingerprint density at radius 2 is 1.77 bits per heavy atom. The molecule has 9 heteroatoms. The maximum atomic E-state index is 12.8. The third-order valence-corrected chi connectivity index (χ3v) is 3.89. The number of benzene rings is 2. The lowest BCUT2D eigenvalue weighted by Crippen LogP contribution is -2.27.